The van der Waals surface area contributed by atoms with E-state index in [1.54, 1.807) is 43.1 Å². The third-order valence-corrected chi connectivity index (χ3v) is 7.50. The summed E-state index contributed by atoms with van der Waals surface area (Å²) in [6.45, 7) is 5.93. The molecule has 0 bridgehead atoms. The van der Waals surface area contributed by atoms with Gasteiger partial charge in [-0.1, -0.05) is 13.0 Å². The van der Waals surface area contributed by atoms with E-state index >= 15 is 0 Å². The van der Waals surface area contributed by atoms with Crippen LogP contribution in [0.2, 0.25) is 0 Å². The van der Waals surface area contributed by atoms with Crippen molar-refractivity contribution in [1.29, 1.82) is 0 Å². The first-order valence-corrected chi connectivity index (χ1v) is 10.7. The maximum atomic E-state index is 13.1. The molecule has 1 heterocycles. The third kappa shape index (κ3) is 3.59. The Balaban J connectivity index is 1.99. The molecular formula is C19H22N2O3S2. The van der Waals surface area contributed by atoms with Gasteiger partial charge in [-0.25, -0.2) is 8.42 Å². The van der Waals surface area contributed by atoms with Crippen molar-refractivity contribution in [2.75, 3.05) is 16.7 Å². The van der Waals surface area contributed by atoms with Gasteiger partial charge >= 0.3 is 0 Å². The van der Waals surface area contributed by atoms with E-state index in [1.165, 1.54) is 4.31 Å². The number of thioether (sulfide) groups is 1. The summed E-state index contributed by atoms with van der Waals surface area (Å²) in [4.78, 5) is 13.0. The largest absolute Gasteiger partial charge is 0.325 e. The van der Waals surface area contributed by atoms with E-state index in [2.05, 4.69) is 5.32 Å². The summed E-state index contributed by atoms with van der Waals surface area (Å²) in [5.74, 6) is -0.0965. The monoisotopic (exact) mass is 390 g/mol. The Morgan fingerprint density at radius 1 is 1.12 bits per heavy atom. The second-order valence-corrected chi connectivity index (χ2v) is 10.0. The smallest absolute Gasteiger partial charge is 0.264 e. The van der Waals surface area contributed by atoms with Gasteiger partial charge in [-0.15, -0.1) is 11.8 Å². The quantitative estimate of drug-likeness (QED) is 0.862. The number of amides is 1. The van der Waals surface area contributed by atoms with Crippen LogP contribution in [0.1, 0.15) is 24.5 Å². The standard InChI is InChI=1S/C19H22N2O3S2/c1-12-5-6-15(9-13(12)2)21(4)26(23,24)16-7-8-18-17(11-16)20-19(22)10-14(3)25-18/h5-9,11,14H,10H2,1-4H3,(H,20,22)/t14-/m0/s1. The first kappa shape index (κ1) is 18.8. The summed E-state index contributed by atoms with van der Waals surface area (Å²) in [5.41, 5.74) is 3.30. The lowest BCUT2D eigenvalue weighted by atomic mass is 10.1. The predicted molar refractivity (Wildman–Crippen MR) is 107 cm³/mol. The highest BCUT2D eigenvalue weighted by atomic mass is 32.2. The number of aryl methyl sites for hydroxylation is 2. The summed E-state index contributed by atoms with van der Waals surface area (Å²) >= 11 is 1.57. The molecule has 1 aliphatic rings. The number of rotatable bonds is 3. The van der Waals surface area contributed by atoms with Gasteiger partial charge in [0.05, 0.1) is 16.3 Å². The molecule has 0 aliphatic carbocycles. The molecule has 0 saturated carbocycles. The van der Waals surface area contributed by atoms with Crippen LogP contribution < -0.4 is 9.62 Å². The van der Waals surface area contributed by atoms with E-state index in [-0.39, 0.29) is 16.1 Å². The highest BCUT2D eigenvalue weighted by Gasteiger charge is 2.25. The Kier molecular flexibility index (Phi) is 5.03. The average Bonchev–Trinajstić information content (AvgIpc) is 2.72. The molecule has 0 aromatic heterocycles. The molecule has 0 saturated heterocycles. The van der Waals surface area contributed by atoms with Gasteiger partial charge in [-0.3, -0.25) is 9.10 Å². The number of nitrogens with one attached hydrogen (secondary N) is 1. The molecule has 2 aromatic rings. The van der Waals surface area contributed by atoms with Crippen LogP contribution in [0.25, 0.3) is 0 Å². The van der Waals surface area contributed by atoms with E-state index < -0.39 is 10.0 Å². The van der Waals surface area contributed by atoms with Gasteiger partial charge in [0.2, 0.25) is 5.91 Å². The normalized spacial score (nSPS) is 17.2. The van der Waals surface area contributed by atoms with Crippen molar-refractivity contribution in [2.24, 2.45) is 0 Å². The number of fused-ring (bicyclic) bond motifs is 1. The van der Waals surface area contributed by atoms with E-state index in [0.717, 1.165) is 16.0 Å². The minimum atomic E-state index is -3.73. The number of benzene rings is 2. The Morgan fingerprint density at radius 2 is 1.85 bits per heavy atom. The van der Waals surface area contributed by atoms with Crippen LogP contribution in [0.15, 0.2) is 46.2 Å². The summed E-state index contributed by atoms with van der Waals surface area (Å²) < 4.78 is 27.4. The van der Waals surface area contributed by atoms with Crippen LogP contribution in [0.3, 0.4) is 0 Å². The van der Waals surface area contributed by atoms with E-state index in [0.29, 0.717) is 17.8 Å². The van der Waals surface area contributed by atoms with Gasteiger partial charge < -0.3 is 5.32 Å². The fraction of sp³-hybridized carbons (Fsp3) is 0.316. The predicted octanol–water partition coefficient (Wildman–Crippen LogP) is 3.95. The maximum absolute atomic E-state index is 13.1. The first-order valence-electron chi connectivity index (χ1n) is 8.35. The molecule has 1 amide bonds. The van der Waals surface area contributed by atoms with Gasteiger partial charge in [-0.2, -0.15) is 0 Å². The van der Waals surface area contributed by atoms with Crippen molar-refractivity contribution in [3.63, 3.8) is 0 Å². The van der Waals surface area contributed by atoms with Crippen molar-refractivity contribution in [1.82, 2.24) is 0 Å². The van der Waals surface area contributed by atoms with Crippen LogP contribution in [-0.4, -0.2) is 26.6 Å². The molecule has 0 spiro atoms. The molecule has 1 N–H and O–H groups in total. The Labute approximate surface area is 158 Å². The molecule has 3 rings (SSSR count). The van der Waals surface area contributed by atoms with Crippen LogP contribution in [-0.2, 0) is 14.8 Å². The molecule has 5 nitrogen and oxygen atoms in total. The molecule has 2 aromatic carbocycles. The lowest BCUT2D eigenvalue weighted by molar-refractivity contribution is -0.116. The number of anilines is 2. The lowest BCUT2D eigenvalue weighted by Gasteiger charge is -2.21. The molecule has 1 atom stereocenters. The molecule has 0 fully saturated rings. The second-order valence-electron chi connectivity index (χ2n) is 6.58. The molecule has 26 heavy (non-hydrogen) atoms. The fourth-order valence-electron chi connectivity index (χ4n) is 2.81. The Morgan fingerprint density at radius 3 is 2.54 bits per heavy atom. The highest BCUT2D eigenvalue weighted by Crippen LogP contribution is 2.37. The van der Waals surface area contributed by atoms with E-state index in [1.807, 2.05) is 32.9 Å². The van der Waals surface area contributed by atoms with Crippen LogP contribution in [0.5, 0.6) is 0 Å². The number of nitrogens with zero attached hydrogens (tertiary/aromatic N) is 1. The molecule has 0 radical (unpaired) electrons. The minimum Gasteiger partial charge on any atom is -0.325 e. The summed E-state index contributed by atoms with van der Waals surface area (Å²) in [7, 11) is -2.18. The lowest BCUT2D eigenvalue weighted by Crippen LogP contribution is -2.26. The van der Waals surface area contributed by atoms with Gasteiger partial charge in [0.25, 0.3) is 10.0 Å². The zero-order valence-electron chi connectivity index (χ0n) is 15.2. The van der Waals surface area contributed by atoms with Gasteiger partial charge in [0.1, 0.15) is 0 Å². The molecule has 1 aliphatic heterocycles. The zero-order valence-corrected chi connectivity index (χ0v) is 16.9. The van der Waals surface area contributed by atoms with Crippen molar-refractivity contribution in [3.05, 3.63) is 47.5 Å². The molecule has 138 valence electrons. The highest BCUT2D eigenvalue weighted by molar-refractivity contribution is 8.00. The van der Waals surface area contributed by atoms with Crippen LogP contribution >= 0.6 is 11.8 Å². The Bertz CT molecular complexity index is 971. The zero-order chi connectivity index (χ0) is 19.1. The Hall–Kier alpha value is -1.99. The third-order valence-electron chi connectivity index (χ3n) is 4.54. The van der Waals surface area contributed by atoms with E-state index in [4.69, 9.17) is 0 Å². The number of hydrogen-bond acceptors (Lipinski definition) is 4. The molecule has 0 unspecified atom stereocenters. The number of sulfonamides is 1. The van der Waals surface area contributed by atoms with E-state index in [9.17, 15) is 13.2 Å². The second kappa shape index (κ2) is 6.96. The molecular weight excluding hydrogens is 368 g/mol. The summed E-state index contributed by atoms with van der Waals surface area (Å²) in [5, 5.41) is 2.97. The minimum absolute atomic E-state index is 0.0965. The molecule has 7 heteroatoms. The number of hydrogen-bond donors (Lipinski definition) is 1. The van der Waals surface area contributed by atoms with Crippen LogP contribution in [0.4, 0.5) is 11.4 Å². The van der Waals surface area contributed by atoms with Crippen LogP contribution in [0, 0.1) is 13.8 Å². The average molecular weight is 391 g/mol. The van der Waals surface area contributed by atoms with Gasteiger partial charge in [0, 0.05) is 23.6 Å². The topological polar surface area (TPSA) is 66.5 Å². The SMILES string of the molecule is Cc1ccc(N(C)S(=O)(=O)c2ccc3c(c2)NC(=O)C[C@H](C)S3)cc1C. The summed E-state index contributed by atoms with van der Waals surface area (Å²) in [6, 6.07) is 10.5. The van der Waals surface area contributed by atoms with Crippen molar-refractivity contribution in [2.45, 2.75) is 42.2 Å². The maximum Gasteiger partial charge on any atom is 0.264 e. The first-order chi connectivity index (χ1) is 12.2. The fourth-order valence-corrected chi connectivity index (χ4v) is 5.07. The van der Waals surface area contributed by atoms with Gasteiger partial charge in [-0.05, 0) is 55.3 Å². The number of carbonyl (C=O) groups is 1. The van der Waals surface area contributed by atoms with Crippen molar-refractivity contribution >= 4 is 39.1 Å². The van der Waals surface area contributed by atoms with Crippen molar-refractivity contribution in [3.8, 4) is 0 Å². The van der Waals surface area contributed by atoms with Gasteiger partial charge in [0.15, 0.2) is 0 Å². The van der Waals surface area contributed by atoms with Crippen molar-refractivity contribution < 1.29 is 13.2 Å². The number of carbonyl (C=O) groups excluding carboxylic acids is 1. The summed E-state index contributed by atoms with van der Waals surface area (Å²) in [6.07, 6.45) is 0.407.